The van der Waals surface area contributed by atoms with Gasteiger partial charge in [-0.05, 0) is 36.4 Å². The van der Waals surface area contributed by atoms with Crippen molar-refractivity contribution in [3.05, 3.63) is 106 Å². The van der Waals surface area contributed by atoms with Gasteiger partial charge in [0.05, 0.1) is 10.6 Å². The number of nitrogens with one attached hydrogen (secondary N) is 2. The molecule has 0 spiro atoms. The smallest absolute Gasteiger partial charge is 0.304 e. The fraction of sp³-hybridized carbons (Fsp3) is 0.0870. The van der Waals surface area contributed by atoms with Gasteiger partial charge in [0, 0.05) is 16.1 Å². The van der Waals surface area contributed by atoms with Crippen molar-refractivity contribution in [1.82, 2.24) is 10.7 Å². The molecule has 150 valence electrons. The van der Waals surface area contributed by atoms with Gasteiger partial charge in [-0.15, -0.1) is 10.1 Å². The molecule has 0 aromatic heterocycles. The lowest BCUT2D eigenvalue weighted by Gasteiger charge is -2.14. The topological polar surface area (TPSA) is 61.2 Å². The molecule has 1 aliphatic heterocycles. The Hall–Kier alpha value is -3.15. The normalized spacial score (nSPS) is 19.5. The molecular formula is C23H18Cl2N3O2+. The number of hydrogen-bond acceptors (Lipinski definition) is 2. The van der Waals surface area contributed by atoms with E-state index in [1.807, 2.05) is 48.5 Å². The molecule has 1 fully saturated rings. The average molecular weight is 439 g/mol. The summed E-state index contributed by atoms with van der Waals surface area (Å²) in [6.07, 6.45) is 1.77. The Kier molecular flexibility index (Phi) is 5.84. The minimum atomic E-state index is -0.797. The maximum Gasteiger partial charge on any atom is 0.304 e. The van der Waals surface area contributed by atoms with Crippen LogP contribution in [0.15, 0.2) is 78.9 Å². The Balaban J connectivity index is 1.70. The van der Waals surface area contributed by atoms with Gasteiger partial charge < -0.3 is 5.32 Å². The second-order valence-corrected chi connectivity index (χ2v) is 7.69. The number of halogens is 2. The lowest BCUT2D eigenvalue weighted by atomic mass is 10.00. The monoisotopic (exact) mass is 438 g/mol. The van der Waals surface area contributed by atoms with Gasteiger partial charge in [0.2, 0.25) is 12.3 Å². The van der Waals surface area contributed by atoms with Crippen molar-refractivity contribution in [2.45, 2.75) is 12.1 Å². The Bertz CT molecular complexity index is 1110. The van der Waals surface area contributed by atoms with Gasteiger partial charge in [0.15, 0.2) is 6.04 Å². The summed E-state index contributed by atoms with van der Waals surface area (Å²) in [6.45, 7) is 0. The van der Waals surface area contributed by atoms with E-state index >= 15 is 0 Å². The van der Waals surface area contributed by atoms with E-state index in [4.69, 9.17) is 23.2 Å². The third-order valence-electron chi connectivity index (χ3n) is 4.85. The van der Waals surface area contributed by atoms with Crippen molar-refractivity contribution in [3.8, 4) is 0 Å². The first-order chi connectivity index (χ1) is 14.5. The van der Waals surface area contributed by atoms with Gasteiger partial charge in [0.1, 0.15) is 0 Å². The molecule has 7 heteroatoms. The van der Waals surface area contributed by atoms with E-state index < -0.39 is 12.1 Å². The molecule has 0 bridgehead atoms. The van der Waals surface area contributed by atoms with E-state index in [-0.39, 0.29) is 11.8 Å². The van der Waals surface area contributed by atoms with Gasteiger partial charge in [-0.1, -0.05) is 65.7 Å². The Morgan fingerprint density at radius 2 is 1.60 bits per heavy atom. The Morgan fingerprint density at radius 3 is 2.30 bits per heavy atom. The van der Waals surface area contributed by atoms with Crippen LogP contribution in [0.3, 0.4) is 0 Å². The molecule has 0 saturated carbocycles. The maximum atomic E-state index is 12.8. The Morgan fingerprint density at radius 1 is 0.933 bits per heavy atom. The molecule has 1 heterocycles. The molecule has 1 aliphatic rings. The third-order valence-corrected chi connectivity index (χ3v) is 5.45. The standard InChI is InChI=1S/C23H17Cl2N3O2/c24-18-12-10-16(11-13-18)22(29)26-20-21(15-6-2-1-3-7-15)28(27-23(20)30)14-17-8-4-5-9-19(17)25/h1-14,20-21H,(H-,26,27,29,30)/p+1/b28-14-/t20-,21+/m0/s1. The number of hydrazone groups is 1. The molecule has 2 atom stereocenters. The highest BCUT2D eigenvalue weighted by atomic mass is 35.5. The van der Waals surface area contributed by atoms with Crippen molar-refractivity contribution >= 4 is 41.2 Å². The minimum Gasteiger partial charge on any atom is -0.334 e. The molecular weight excluding hydrogens is 421 g/mol. The van der Waals surface area contributed by atoms with Crippen molar-refractivity contribution in [2.24, 2.45) is 0 Å². The lowest BCUT2D eigenvalue weighted by Crippen LogP contribution is -2.42. The molecule has 2 N–H and O–H groups in total. The molecule has 0 aliphatic carbocycles. The predicted octanol–water partition coefficient (Wildman–Crippen LogP) is 4.01. The first kappa shape index (κ1) is 20.1. The SMILES string of the molecule is O=C(N[C@@H]1C(=O)N/[N+](=C\c2ccccc2Cl)[C@@H]1c1ccccc1)c1ccc(Cl)cc1. The molecule has 4 rings (SSSR count). The number of amides is 2. The van der Waals surface area contributed by atoms with Crippen LogP contribution >= 0.6 is 23.2 Å². The molecule has 0 unspecified atom stereocenters. The lowest BCUT2D eigenvalue weighted by molar-refractivity contribution is -0.596. The quantitative estimate of drug-likeness (QED) is 0.604. The Labute approximate surface area is 183 Å². The van der Waals surface area contributed by atoms with E-state index in [2.05, 4.69) is 10.7 Å². The number of hydrazine groups is 1. The zero-order valence-corrected chi connectivity index (χ0v) is 17.3. The number of hydrogen-bond donors (Lipinski definition) is 2. The highest BCUT2D eigenvalue weighted by Gasteiger charge is 2.47. The van der Waals surface area contributed by atoms with Crippen molar-refractivity contribution in [3.63, 3.8) is 0 Å². The number of nitrogens with zero attached hydrogens (tertiary/aromatic N) is 1. The van der Waals surface area contributed by atoms with Crippen LogP contribution in [-0.2, 0) is 4.79 Å². The summed E-state index contributed by atoms with van der Waals surface area (Å²) in [5.74, 6) is -0.665. The van der Waals surface area contributed by atoms with Crippen LogP contribution in [0.2, 0.25) is 10.0 Å². The first-order valence-electron chi connectivity index (χ1n) is 9.32. The number of carbonyl (C=O) groups is 2. The zero-order valence-electron chi connectivity index (χ0n) is 15.8. The van der Waals surface area contributed by atoms with Crippen LogP contribution in [0, 0.1) is 0 Å². The number of carbonyl (C=O) groups excluding carboxylic acids is 2. The molecule has 2 amide bonds. The average Bonchev–Trinajstić information content (AvgIpc) is 3.05. The number of benzene rings is 3. The minimum absolute atomic E-state index is 0.311. The number of rotatable bonds is 4. The fourth-order valence-electron chi connectivity index (χ4n) is 3.39. The summed E-state index contributed by atoms with van der Waals surface area (Å²) < 4.78 is 1.69. The van der Waals surface area contributed by atoms with Gasteiger partial charge in [-0.2, -0.15) is 0 Å². The fourth-order valence-corrected chi connectivity index (χ4v) is 3.70. The molecule has 0 radical (unpaired) electrons. The van der Waals surface area contributed by atoms with Crippen molar-refractivity contribution < 1.29 is 14.3 Å². The predicted molar refractivity (Wildman–Crippen MR) is 117 cm³/mol. The zero-order chi connectivity index (χ0) is 21.1. The summed E-state index contributed by atoms with van der Waals surface area (Å²) in [4.78, 5) is 25.6. The largest absolute Gasteiger partial charge is 0.334 e. The van der Waals surface area contributed by atoms with Crippen LogP contribution in [0.1, 0.15) is 27.5 Å². The maximum absolute atomic E-state index is 12.8. The highest BCUT2D eigenvalue weighted by Crippen LogP contribution is 2.26. The molecule has 3 aromatic carbocycles. The summed E-state index contributed by atoms with van der Waals surface area (Å²) in [6, 6.07) is 22.1. The van der Waals surface area contributed by atoms with Crippen LogP contribution < -0.4 is 10.7 Å². The first-order valence-corrected chi connectivity index (χ1v) is 10.1. The van der Waals surface area contributed by atoms with E-state index in [0.717, 1.165) is 11.1 Å². The molecule has 5 nitrogen and oxygen atoms in total. The highest BCUT2D eigenvalue weighted by molar-refractivity contribution is 6.33. The van der Waals surface area contributed by atoms with Crippen LogP contribution in [0.25, 0.3) is 0 Å². The summed E-state index contributed by atoms with van der Waals surface area (Å²) >= 11 is 12.2. The van der Waals surface area contributed by atoms with Gasteiger partial charge >= 0.3 is 5.91 Å². The van der Waals surface area contributed by atoms with E-state index in [1.165, 1.54) is 0 Å². The van der Waals surface area contributed by atoms with Crippen LogP contribution in [0.5, 0.6) is 0 Å². The molecule has 30 heavy (non-hydrogen) atoms. The van der Waals surface area contributed by atoms with E-state index in [1.54, 1.807) is 41.2 Å². The molecule has 1 saturated heterocycles. The summed E-state index contributed by atoms with van der Waals surface area (Å²) in [5, 5.41) is 3.95. The van der Waals surface area contributed by atoms with Gasteiger partial charge in [-0.3, -0.25) is 9.59 Å². The van der Waals surface area contributed by atoms with E-state index in [0.29, 0.717) is 15.6 Å². The van der Waals surface area contributed by atoms with Crippen LogP contribution in [0.4, 0.5) is 0 Å². The van der Waals surface area contributed by atoms with Crippen LogP contribution in [-0.4, -0.2) is 28.8 Å². The van der Waals surface area contributed by atoms with E-state index in [9.17, 15) is 9.59 Å². The summed E-state index contributed by atoms with van der Waals surface area (Å²) in [7, 11) is 0. The third kappa shape index (κ3) is 4.22. The van der Waals surface area contributed by atoms with Crippen molar-refractivity contribution in [2.75, 3.05) is 0 Å². The molecule has 3 aromatic rings. The van der Waals surface area contributed by atoms with Gasteiger partial charge in [-0.25, -0.2) is 0 Å². The second kappa shape index (κ2) is 8.69. The van der Waals surface area contributed by atoms with Crippen molar-refractivity contribution in [1.29, 1.82) is 0 Å². The summed E-state index contributed by atoms with van der Waals surface area (Å²) in [5.41, 5.74) is 4.89. The van der Waals surface area contributed by atoms with Gasteiger partial charge in [0.25, 0.3) is 5.91 Å². The second-order valence-electron chi connectivity index (χ2n) is 6.85.